The molecule has 0 bridgehead atoms. The predicted molar refractivity (Wildman–Crippen MR) is 89.6 cm³/mol. The maximum Gasteiger partial charge on any atom is 0.270 e. The van der Waals surface area contributed by atoms with Gasteiger partial charge in [0.25, 0.3) is 5.69 Å². The third-order valence-corrected chi connectivity index (χ3v) is 5.50. The van der Waals surface area contributed by atoms with Crippen LogP contribution in [0.2, 0.25) is 0 Å². The van der Waals surface area contributed by atoms with Crippen LogP contribution in [0.25, 0.3) is 10.7 Å². The number of hydrogen-bond donors (Lipinski definition) is 1. The van der Waals surface area contributed by atoms with E-state index in [0.29, 0.717) is 11.7 Å². The van der Waals surface area contributed by atoms with Crippen molar-refractivity contribution in [1.82, 2.24) is 14.9 Å². The van der Waals surface area contributed by atoms with Crippen LogP contribution in [0, 0.1) is 10.1 Å². The molecule has 0 amide bonds. The number of rotatable bonds is 7. The van der Waals surface area contributed by atoms with Crippen molar-refractivity contribution in [2.45, 2.75) is 11.3 Å². The number of aromatic nitrogens is 2. The summed E-state index contributed by atoms with van der Waals surface area (Å²) in [7, 11) is -3.87. The van der Waals surface area contributed by atoms with Crippen molar-refractivity contribution in [2.24, 2.45) is 0 Å². The maximum absolute atomic E-state index is 12.2. The number of benzene rings is 1. The van der Waals surface area contributed by atoms with Gasteiger partial charge in [0.2, 0.25) is 21.7 Å². The molecule has 130 valence electrons. The van der Waals surface area contributed by atoms with Crippen LogP contribution in [0.4, 0.5) is 5.69 Å². The summed E-state index contributed by atoms with van der Waals surface area (Å²) in [6.07, 6.45) is 0.201. The van der Waals surface area contributed by atoms with Crippen molar-refractivity contribution in [1.29, 1.82) is 0 Å². The molecule has 2 heterocycles. The van der Waals surface area contributed by atoms with Crippen molar-refractivity contribution in [2.75, 3.05) is 6.54 Å². The van der Waals surface area contributed by atoms with Gasteiger partial charge in [0.15, 0.2) is 0 Å². The molecule has 0 fully saturated rings. The first-order chi connectivity index (χ1) is 12.0. The fraction of sp³-hybridized carbons (Fsp3) is 0.143. The van der Waals surface area contributed by atoms with Crippen molar-refractivity contribution in [3.63, 3.8) is 0 Å². The van der Waals surface area contributed by atoms with E-state index >= 15 is 0 Å². The minimum Gasteiger partial charge on any atom is -0.339 e. The smallest absolute Gasteiger partial charge is 0.270 e. The summed E-state index contributed by atoms with van der Waals surface area (Å²) < 4.78 is 31.8. The van der Waals surface area contributed by atoms with Gasteiger partial charge in [-0.2, -0.15) is 4.98 Å². The average Bonchev–Trinajstić information content (AvgIpc) is 3.26. The molecule has 3 aromatic rings. The molecule has 0 aliphatic heterocycles. The lowest BCUT2D eigenvalue weighted by molar-refractivity contribution is -0.385. The first-order valence-electron chi connectivity index (χ1n) is 7.06. The zero-order valence-corrected chi connectivity index (χ0v) is 14.3. The number of nitro groups is 1. The number of sulfonamides is 1. The molecule has 0 saturated heterocycles. The van der Waals surface area contributed by atoms with Gasteiger partial charge >= 0.3 is 0 Å². The van der Waals surface area contributed by atoms with Gasteiger partial charge in [0, 0.05) is 25.1 Å². The van der Waals surface area contributed by atoms with E-state index in [4.69, 9.17) is 4.52 Å². The molecule has 0 aliphatic carbocycles. The maximum atomic E-state index is 12.2. The Morgan fingerprint density at radius 1 is 1.28 bits per heavy atom. The van der Waals surface area contributed by atoms with Crippen LogP contribution in [-0.2, 0) is 16.4 Å². The lowest BCUT2D eigenvalue weighted by Gasteiger charge is -2.05. The zero-order chi connectivity index (χ0) is 17.9. The molecule has 1 aromatic carbocycles. The molecular formula is C14H12N4O5S2. The quantitative estimate of drug-likeness (QED) is 0.491. The van der Waals surface area contributed by atoms with E-state index in [-0.39, 0.29) is 23.5 Å². The predicted octanol–water partition coefficient (Wildman–Crippen LogP) is 2.23. The Balaban J connectivity index is 1.63. The van der Waals surface area contributed by atoms with Gasteiger partial charge in [-0.1, -0.05) is 17.3 Å². The monoisotopic (exact) mass is 380 g/mol. The number of non-ortho nitro benzene ring substituents is 1. The van der Waals surface area contributed by atoms with E-state index in [9.17, 15) is 18.5 Å². The standard InChI is InChI=1S/C14H12N4O5S2/c19-18(20)10-3-1-4-11(9-10)25(21,22)15-7-6-13-16-14(17-23-13)12-5-2-8-24-12/h1-5,8-9,15H,6-7H2. The van der Waals surface area contributed by atoms with E-state index in [0.717, 1.165) is 10.9 Å². The van der Waals surface area contributed by atoms with Crippen LogP contribution >= 0.6 is 11.3 Å². The largest absolute Gasteiger partial charge is 0.339 e. The van der Waals surface area contributed by atoms with E-state index in [1.807, 2.05) is 17.5 Å². The summed E-state index contributed by atoms with van der Waals surface area (Å²) in [5.41, 5.74) is -0.291. The van der Waals surface area contributed by atoms with Gasteiger partial charge in [0.1, 0.15) is 0 Å². The molecule has 0 saturated carbocycles. The van der Waals surface area contributed by atoms with Crippen LogP contribution in [-0.4, -0.2) is 30.0 Å². The highest BCUT2D eigenvalue weighted by molar-refractivity contribution is 7.89. The number of nitro benzene ring substituents is 1. The highest BCUT2D eigenvalue weighted by Crippen LogP contribution is 2.21. The second-order valence-corrected chi connectivity index (χ2v) is 7.61. The topological polar surface area (TPSA) is 128 Å². The number of hydrogen-bond acceptors (Lipinski definition) is 8. The summed E-state index contributed by atoms with van der Waals surface area (Å²) in [4.78, 5) is 15.0. The summed E-state index contributed by atoms with van der Waals surface area (Å²) >= 11 is 1.47. The third-order valence-electron chi connectivity index (χ3n) is 3.18. The Morgan fingerprint density at radius 2 is 2.12 bits per heavy atom. The number of thiophene rings is 1. The van der Waals surface area contributed by atoms with Crippen LogP contribution in [0.5, 0.6) is 0 Å². The normalized spacial score (nSPS) is 11.5. The molecule has 11 heteroatoms. The molecule has 0 spiro atoms. The Kier molecular flexibility index (Phi) is 4.88. The highest BCUT2D eigenvalue weighted by Gasteiger charge is 2.18. The molecule has 0 atom stereocenters. The first-order valence-corrected chi connectivity index (χ1v) is 9.42. The molecule has 3 rings (SSSR count). The second kappa shape index (κ2) is 7.09. The van der Waals surface area contributed by atoms with E-state index in [2.05, 4.69) is 14.9 Å². The minimum atomic E-state index is -3.87. The molecular weight excluding hydrogens is 368 g/mol. The van der Waals surface area contributed by atoms with Gasteiger partial charge in [-0.15, -0.1) is 11.3 Å². The van der Waals surface area contributed by atoms with Crippen LogP contribution in [0.15, 0.2) is 51.2 Å². The van der Waals surface area contributed by atoms with Crippen molar-refractivity contribution < 1.29 is 17.9 Å². The lowest BCUT2D eigenvalue weighted by Crippen LogP contribution is -2.26. The second-order valence-electron chi connectivity index (χ2n) is 4.89. The first kappa shape index (κ1) is 17.2. The van der Waals surface area contributed by atoms with Crippen molar-refractivity contribution >= 4 is 27.0 Å². The van der Waals surface area contributed by atoms with Gasteiger partial charge in [-0.25, -0.2) is 13.1 Å². The third kappa shape index (κ3) is 4.07. The average molecular weight is 380 g/mol. The Labute approximate surface area is 146 Å². The molecule has 2 aromatic heterocycles. The molecule has 0 radical (unpaired) electrons. The van der Waals surface area contributed by atoms with E-state index in [1.54, 1.807) is 0 Å². The van der Waals surface area contributed by atoms with Crippen LogP contribution in [0.1, 0.15) is 5.89 Å². The summed E-state index contributed by atoms with van der Waals surface area (Å²) in [5, 5.41) is 16.5. The summed E-state index contributed by atoms with van der Waals surface area (Å²) in [6, 6.07) is 8.55. The van der Waals surface area contributed by atoms with Gasteiger partial charge in [0.05, 0.1) is 14.7 Å². The Hall–Kier alpha value is -2.63. The molecule has 0 unspecified atom stereocenters. The summed E-state index contributed by atoms with van der Waals surface area (Å²) in [5.74, 6) is 0.747. The number of nitrogens with zero attached hydrogens (tertiary/aromatic N) is 3. The minimum absolute atomic E-state index is 0.0249. The van der Waals surface area contributed by atoms with Crippen molar-refractivity contribution in [3.8, 4) is 10.7 Å². The molecule has 9 nitrogen and oxygen atoms in total. The number of nitrogens with one attached hydrogen (secondary N) is 1. The van der Waals surface area contributed by atoms with Crippen LogP contribution in [0.3, 0.4) is 0 Å². The van der Waals surface area contributed by atoms with Gasteiger partial charge in [-0.05, 0) is 17.5 Å². The zero-order valence-electron chi connectivity index (χ0n) is 12.7. The van der Waals surface area contributed by atoms with E-state index in [1.165, 1.54) is 29.5 Å². The van der Waals surface area contributed by atoms with Gasteiger partial charge < -0.3 is 4.52 Å². The Bertz CT molecular complexity index is 982. The highest BCUT2D eigenvalue weighted by atomic mass is 32.2. The fourth-order valence-electron chi connectivity index (χ4n) is 2.00. The molecule has 1 N–H and O–H groups in total. The molecule has 25 heavy (non-hydrogen) atoms. The SMILES string of the molecule is O=[N+]([O-])c1cccc(S(=O)(=O)NCCc2nc(-c3cccs3)no2)c1. The summed E-state index contributed by atoms with van der Waals surface area (Å²) in [6.45, 7) is 0.0249. The van der Waals surface area contributed by atoms with Gasteiger partial charge in [-0.3, -0.25) is 10.1 Å². The molecule has 0 aliphatic rings. The van der Waals surface area contributed by atoms with E-state index < -0.39 is 14.9 Å². The van der Waals surface area contributed by atoms with Crippen molar-refractivity contribution in [3.05, 3.63) is 57.8 Å². The Morgan fingerprint density at radius 3 is 2.84 bits per heavy atom. The fourth-order valence-corrected chi connectivity index (χ4v) is 3.72. The lowest BCUT2D eigenvalue weighted by atomic mass is 10.3. The van der Waals surface area contributed by atoms with Crippen LogP contribution < -0.4 is 4.72 Å².